The number of ether oxygens (including phenoxy) is 2. The van der Waals surface area contributed by atoms with E-state index >= 15 is 0 Å². The van der Waals surface area contributed by atoms with E-state index in [-0.39, 0.29) is 0 Å². The van der Waals surface area contributed by atoms with Crippen molar-refractivity contribution in [3.8, 4) is 0 Å². The molecule has 0 aromatic rings. The summed E-state index contributed by atoms with van der Waals surface area (Å²) < 4.78 is 10.9. The molecule has 3 heteroatoms. The van der Waals surface area contributed by atoms with Crippen LogP contribution >= 0.6 is 0 Å². The van der Waals surface area contributed by atoms with Gasteiger partial charge in [-0.2, -0.15) is 0 Å². The SMILES string of the molecule is CCCNC(C)CCCOCCOC(C)C. The maximum Gasteiger partial charge on any atom is 0.0703 e. The molecule has 0 amide bonds. The highest BCUT2D eigenvalue weighted by Crippen LogP contribution is 1.97. The van der Waals surface area contributed by atoms with Gasteiger partial charge in [0, 0.05) is 12.6 Å². The molecule has 1 unspecified atom stereocenters. The summed E-state index contributed by atoms with van der Waals surface area (Å²) in [6, 6.07) is 0.607. The van der Waals surface area contributed by atoms with Crippen LogP contribution in [0.4, 0.5) is 0 Å². The van der Waals surface area contributed by atoms with E-state index < -0.39 is 0 Å². The van der Waals surface area contributed by atoms with Crippen molar-refractivity contribution in [2.75, 3.05) is 26.4 Å². The summed E-state index contributed by atoms with van der Waals surface area (Å²) in [6.45, 7) is 11.9. The van der Waals surface area contributed by atoms with Gasteiger partial charge in [0.25, 0.3) is 0 Å². The minimum Gasteiger partial charge on any atom is -0.379 e. The highest BCUT2D eigenvalue weighted by molar-refractivity contribution is 4.59. The molecule has 0 bridgehead atoms. The molecule has 0 rings (SSSR count). The van der Waals surface area contributed by atoms with Gasteiger partial charge in [-0.25, -0.2) is 0 Å². The van der Waals surface area contributed by atoms with Gasteiger partial charge in [0.05, 0.1) is 19.3 Å². The molecule has 0 saturated heterocycles. The molecular formula is C13H29NO2. The van der Waals surface area contributed by atoms with Crippen molar-refractivity contribution in [1.29, 1.82) is 0 Å². The van der Waals surface area contributed by atoms with Gasteiger partial charge in [-0.1, -0.05) is 6.92 Å². The fourth-order valence-corrected chi connectivity index (χ4v) is 1.43. The van der Waals surface area contributed by atoms with Crippen LogP contribution in [0, 0.1) is 0 Å². The zero-order chi connectivity index (χ0) is 12.2. The lowest BCUT2D eigenvalue weighted by molar-refractivity contribution is 0.0184. The third kappa shape index (κ3) is 12.0. The van der Waals surface area contributed by atoms with E-state index in [0.717, 1.165) is 26.2 Å². The Morgan fingerprint density at radius 2 is 1.81 bits per heavy atom. The first-order valence-electron chi connectivity index (χ1n) is 6.59. The third-order valence-corrected chi connectivity index (χ3v) is 2.35. The van der Waals surface area contributed by atoms with Crippen molar-refractivity contribution in [3.63, 3.8) is 0 Å². The van der Waals surface area contributed by atoms with Crippen molar-refractivity contribution >= 4 is 0 Å². The molecule has 3 nitrogen and oxygen atoms in total. The second-order valence-corrected chi connectivity index (χ2v) is 4.53. The zero-order valence-electron chi connectivity index (χ0n) is 11.4. The molecule has 0 aliphatic heterocycles. The Kier molecular flexibility index (Phi) is 11.3. The Morgan fingerprint density at radius 1 is 1.06 bits per heavy atom. The van der Waals surface area contributed by atoms with Gasteiger partial charge in [-0.3, -0.25) is 0 Å². The summed E-state index contributed by atoms with van der Waals surface area (Å²) in [5.74, 6) is 0. The second-order valence-electron chi connectivity index (χ2n) is 4.53. The summed E-state index contributed by atoms with van der Waals surface area (Å²) in [5, 5.41) is 3.47. The minimum atomic E-state index is 0.307. The number of hydrogen-bond donors (Lipinski definition) is 1. The molecule has 0 aromatic carbocycles. The van der Waals surface area contributed by atoms with E-state index in [1.807, 2.05) is 13.8 Å². The Labute approximate surface area is 101 Å². The largest absolute Gasteiger partial charge is 0.379 e. The van der Waals surface area contributed by atoms with Crippen molar-refractivity contribution in [2.45, 2.75) is 59.1 Å². The van der Waals surface area contributed by atoms with E-state index in [4.69, 9.17) is 9.47 Å². The van der Waals surface area contributed by atoms with Crippen molar-refractivity contribution < 1.29 is 9.47 Å². The van der Waals surface area contributed by atoms with Crippen LogP contribution in [-0.2, 0) is 9.47 Å². The highest BCUT2D eigenvalue weighted by atomic mass is 16.5. The van der Waals surface area contributed by atoms with Gasteiger partial charge in [0.15, 0.2) is 0 Å². The fraction of sp³-hybridized carbons (Fsp3) is 1.00. The lowest BCUT2D eigenvalue weighted by Gasteiger charge is -2.13. The van der Waals surface area contributed by atoms with E-state index in [1.54, 1.807) is 0 Å². The minimum absolute atomic E-state index is 0.307. The number of rotatable bonds is 11. The molecular weight excluding hydrogens is 202 g/mol. The summed E-state index contributed by atoms with van der Waals surface area (Å²) in [7, 11) is 0. The van der Waals surface area contributed by atoms with E-state index in [0.29, 0.717) is 18.8 Å². The molecule has 0 heterocycles. The molecule has 0 aliphatic carbocycles. The van der Waals surface area contributed by atoms with Gasteiger partial charge in [-0.15, -0.1) is 0 Å². The molecule has 0 aromatic heterocycles. The predicted molar refractivity (Wildman–Crippen MR) is 68.9 cm³/mol. The molecule has 1 atom stereocenters. The molecule has 16 heavy (non-hydrogen) atoms. The van der Waals surface area contributed by atoms with Crippen molar-refractivity contribution in [3.05, 3.63) is 0 Å². The van der Waals surface area contributed by atoms with Crippen LogP contribution in [0.15, 0.2) is 0 Å². The average Bonchev–Trinajstić information content (AvgIpc) is 2.24. The van der Waals surface area contributed by atoms with E-state index in [9.17, 15) is 0 Å². The maximum atomic E-state index is 5.49. The first kappa shape index (κ1) is 15.9. The average molecular weight is 231 g/mol. The normalized spacial score (nSPS) is 13.3. The lowest BCUT2D eigenvalue weighted by atomic mass is 10.2. The fourth-order valence-electron chi connectivity index (χ4n) is 1.43. The Morgan fingerprint density at radius 3 is 2.44 bits per heavy atom. The molecule has 1 N–H and O–H groups in total. The zero-order valence-corrected chi connectivity index (χ0v) is 11.4. The first-order chi connectivity index (χ1) is 7.66. The maximum absolute atomic E-state index is 5.49. The first-order valence-corrected chi connectivity index (χ1v) is 6.59. The third-order valence-electron chi connectivity index (χ3n) is 2.35. The van der Waals surface area contributed by atoms with Crippen molar-refractivity contribution in [1.82, 2.24) is 5.32 Å². The van der Waals surface area contributed by atoms with Crippen LogP contribution in [0.5, 0.6) is 0 Å². The van der Waals surface area contributed by atoms with Crippen LogP contribution < -0.4 is 5.32 Å². The van der Waals surface area contributed by atoms with Crippen LogP contribution in [0.2, 0.25) is 0 Å². The topological polar surface area (TPSA) is 30.5 Å². The summed E-state index contributed by atoms with van der Waals surface area (Å²) >= 11 is 0. The van der Waals surface area contributed by atoms with Gasteiger partial charge >= 0.3 is 0 Å². The van der Waals surface area contributed by atoms with E-state index in [1.165, 1.54) is 12.8 Å². The standard InChI is InChI=1S/C13H29NO2/c1-5-8-14-13(4)7-6-9-15-10-11-16-12(2)3/h12-14H,5-11H2,1-4H3. The molecule has 0 aliphatic rings. The highest BCUT2D eigenvalue weighted by Gasteiger charge is 1.99. The molecule has 0 fully saturated rings. The number of hydrogen-bond acceptors (Lipinski definition) is 3. The van der Waals surface area contributed by atoms with Gasteiger partial charge in [0.2, 0.25) is 0 Å². The van der Waals surface area contributed by atoms with E-state index in [2.05, 4.69) is 19.2 Å². The Hall–Kier alpha value is -0.120. The van der Waals surface area contributed by atoms with Crippen LogP contribution in [0.1, 0.15) is 47.0 Å². The van der Waals surface area contributed by atoms with Gasteiger partial charge in [0.1, 0.15) is 0 Å². The smallest absolute Gasteiger partial charge is 0.0703 e. The van der Waals surface area contributed by atoms with Gasteiger partial charge < -0.3 is 14.8 Å². The molecule has 98 valence electrons. The molecule has 0 saturated carbocycles. The Balaban J connectivity index is 3.08. The summed E-state index contributed by atoms with van der Waals surface area (Å²) in [6.07, 6.45) is 3.82. The van der Waals surface area contributed by atoms with Crippen molar-refractivity contribution in [2.24, 2.45) is 0 Å². The molecule has 0 radical (unpaired) electrons. The predicted octanol–water partition coefficient (Wildman–Crippen LogP) is 2.60. The molecule has 0 spiro atoms. The van der Waals surface area contributed by atoms with Gasteiger partial charge in [-0.05, 0) is 46.6 Å². The van der Waals surface area contributed by atoms with Crippen LogP contribution in [0.25, 0.3) is 0 Å². The number of nitrogens with one attached hydrogen (secondary N) is 1. The lowest BCUT2D eigenvalue weighted by Crippen LogP contribution is -2.26. The quantitative estimate of drug-likeness (QED) is 0.554. The summed E-state index contributed by atoms with van der Waals surface area (Å²) in [5.41, 5.74) is 0. The Bertz CT molecular complexity index is 140. The van der Waals surface area contributed by atoms with Crippen LogP contribution in [-0.4, -0.2) is 38.5 Å². The second kappa shape index (κ2) is 11.4. The monoisotopic (exact) mass is 231 g/mol. The summed E-state index contributed by atoms with van der Waals surface area (Å²) in [4.78, 5) is 0. The van der Waals surface area contributed by atoms with Crippen LogP contribution in [0.3, 0.4) is 0 Å².